The number of aliphatic imine (C=N–C) groups is 5. The van der Waals surface area contributed by atoms with E-state index < -0.39 is 0 Å². The van der Waals surface area contributed by atoms with Crippen LogP contribution in [0.3, 0.4) is 0 Å². The Morgan fingerprint density at radius 1 is 0.634 bits per heavy atom. The number of nitrogen functional groups attached to an aromatic ring is 1. The Labute approximate surface area is 235 Å². The number of aromatic amines is 1. The molecule has 0 bridgehead atoms. The number of nitrogens with two attached hydrogens (primary N) is 1. The molecule has 0 radical (unpaired) electrons. The molecule has 0 fully saturated rings. The number of amidine groups is 5. The van der Waals surface area contributed by atoms with Gasteiger partial charge in [-0.05, 0) is 12.5 Å². The van der Waals surface area contributed by atoms with Gasteiger partial charge in [0.2, 0.25) is 0 Å². The van der Waals surface area contributed by atoms with Gasteiger partial charge in [-0.25, -0.2) is 20.0 Å². The van der Waals surface area contributed by atoms with Crippen LogP contribution in [0.2, 0.25) is 0 Å². The number of hydrogen-bond acceptors (Lipinski definition) is 5. The number of H-pyrrole nitrogens is 1. The summed E-state index contributed by atoms with van der Waals surface area (Å²) in [6, 6.07) is 32.3. The molecule has 8 heteroatoms. The maximum atomic E-state index is 6.22. The highest BCUT2D eigenvalue weighted by Gasteiger charge is 2.29. The Balaban J connectivity index is 1.21. The van der Waals surface area contributed by atoms with Gasteiger partial charge in [0.1, 0.15) is 23.3 Å². The first-order chi connectivity index (χ1) is 20.1. The second-order valence-electron chi connectivity index (χ2n) is 10.2. The first-order valence-corrected chi connectivity index (χ1v) is 13.5. The molecule has 0 aliphatic carbocycles. The van der Waals surface area contributed by atoms with Gasteiger partial charge in [-0.3, -0.25) is 4.99 Å². The van der Waals surface area contributed by atoms with Crippen molar-refractivity contribution in [2.75, 3.05) is 5.73 Å². The molecule has 4 heterocycles. The average Bonchev–Trinajstić information content (AvgIpc) is 3.73. The number of aromatic nitrogens is 1. The standard InChI is InChI=1S/C33H24N8/c1-18-19-10-2-4-12-21(19)28(35-18)37-30-23-14-6-8-16-25(23)32(39-30)41-33-26-17-9-7-15-24(26)31(40-33)38-29-22-13-5-3-11-20(22)27(34)36-29/h2-18,36H,34H2,1H3,(H,35,37,38,39,40,41). The van der Waals surface area contributed by atoms with Crippen LogP contribution in [0.25, 0.3) is 10.8 Å². The molecule has 4 N–H and O–H groups in total. The minimum atomic E-state index is 0.0736. The lowest BCUT2D eigenvalue weighted by Gasteiger charge is -2.03. The first kappa shape index (κ1) is 23.3. The molecule has 1 aromatic heterocycles. The summed E-state index contributed by atoms with van der Waals surface area (Å²) < 4.78 is 0. The van der Waals surface area contributed by atoms with Crippen molar-refractivity contribution in [3.05, 3.63) is 130 Å². The number of anilines is 1. The van der Waals surface area contributed by atoms with Gasteiger partial charge in [-0.2, -0.15) is 0 Å². The van der Waals surface area contributed by atoms with Crippen LogP contribution < -0.4 is 11.1 Å². The molecular weight excluding hydrogens is 508 g/mol. The summed E-state index contributed by atoms with van der Waals surface area (Å²) in [7, 11) is 0. The molecule has 0 spiro atoms. The van der Waals surface area contributed by atoms with Crippen molar-refractivity contribution in [3.8, 4) is 0 Å². The van der Waals surface area contributed by atoms with E-state index in [1.807, 2.05) is 84.9 Å². The third-order valence-corrected chi connectivity index (χ3v) is 7.64. The third kappa shape index (κ3) is 3.72. The lowest BCUT2D eigenvalue weighted by Crippen LogP contribution is -2.24. The summed E-state index contributed by atoms with van der Waals surface area (Å²) in [5.41, 5.74) is 12.2. The van der Waals surface area contributed by atoms with Gasteiger partial charge in [0, 0.05) is 38.6 Å². The Bertz CT molecular complexity index is 2060. The average molecular weight is 533 g/mol. The molecule has 3 aliphatic rings. The van der Waals surface area contributed by atoms with Gasteiger partial charge >= 0.3 is 0 Å². The smallest absolute Gasteiger partial charge is 0.164 e. The lowest BCUT2D eigenvalue weighted by molar-refractivity contribution is 0.841. The van der Waals surface area contributed by atoms with Gasteiger partial charge in [0.15, 0.2) is 17.5 Å². The molecule has 5 aromatic rings. The number of fused-ring (bicyclic) bond motifs is 4. The van der Waals surface area contributed by atoms with E-state index in [0.717, 1.165) is 50.3 Å². The van der Waals surface area contributed by atoms with Crippen molar-refractivity contribution in [1.29, 1.82) is 0 Å². The van der Waals surface area contributed by atoms with Gasteiger partial charge in [-0.1, -0.05) is 97.1 Å². The van der Waals surface area contributed by atoms with E-state index in [4.69, 9.17) is 30.7 Å². The van der Waals surface area contributed by atoms with Crippen LogP contribution in [0.4, 0.5) is 11.6 Å². The minimum Gasteiger partial charge on any atom is -0.385 e. The summed E-state index contributed by atoms with van der Waals surface area (Å²) in [4.78, 5) is 27.8. The van der Waals surface area contributed by atoms with E-state index in [1.54, 1.807) is 0 Å². The van der Waals surface area contributed by atoms with E-state index in [-0.39, 0.29) is 6.04 Å². The van der Waals surface area contributed by atoms with E-state index >= 15 is 0 Å². The van der Waals surface area contributed by atoms with Gasteiger partial charge < -0.3 is 16.0 Å². The zero-order valence-corrected chi connectivity index (χ0v) is 22.1. The maximum absolute atomic E-state index is 6.22. The predicted octanol–water partition coefficient (Wildman–Crippen LogP) is 5.91. The van der Waals surface area contributed by atoms with E-state index in [1.165, 1.54) is 5.56 Å². The molecule has 0 saturated heterocycles. The number of rotatable bonds is 1. The Hall–Kier alpha value is -5.63. The van der Waals surface area contributed by atoms with Crippen LogP contribution in [-0.2, 0) is 0 Å². The summed E-state index contributed by atoms with van der Waals surface area (Å²) in [5.74, 6) is 4.54. The highest BCUT2D eigenvalue weighted by atomic mass is 15.1. The fraction of sp³-hybridized carbons (Fsp3) is 0.0606. The highest BCUT2D eigenvalue weighted by molar-refractivity contribution is 6.32. The number of nitrogens with zero attached hydrogens (tertiary/aromatic N) is 5. The molecule has 0 saturated carbocycles. The largest absolute Gasteiger partial charge is 0.385 e. The molecule has 1 unspecified atom stereocenters. The molecular formula is C33H24N8. The van der Waals surface area contributed by atoms with Crippen LogP contribution in [0.5, 0.6) is 0 Å². The molecule has 1 atom stereocenters. The first-order valence-electron chi connectivity index (χ1n) is 13.5. The van der Waals surface area contributed by atoms with Crippen LogP contribution in [0.15, 0.2) is 122 Å². The lowest BCUT2D eigenvalue weighted by atomic mass is 10.0. The normalized spacial score (nSPS) is 19.8. The summed E-state index contributed by atoms with van der Waals surface area (Å²) in [6.07, 6.45) is 0. The zero-order chi connectivity index (χ0) is 27.5. The van der Waals surface area contributed by atoms with E-state index in [2.05, 4.69) is 29.4 Å². The summed E-state index contributed by atoms with van der Waals surface area (Å²) in [5, 5.41) is 5.34. The van der Waals surface area contributed by atoms with Crippen molar-refractivity contribution < 1.29 is 0 Å². The van der Waals surface area contributed by atoms with Crippen LogP contribution in [0.1, 0.15) is 46.3 Å². The van der Waals surface area contributed by atoms with Crippen molar-refractivity contribution in [2.24, 2.45) is 25.0 Å². The summed E-state index contributed by atoms with van der Waals surface area (Å²) >= 11 is 0. The Morgan fingerprint density at radius 2 is 1.22 bits per heavy atom. The molecule has 196 valence electrons. The minimum absolute atomic E-state index is 0.0736. The van der Waals surface area contributed by atoms with Gasteiger partial charge in [0.05, 0.1) is 6.04 Å². The number of hydrogen-bond donors (Lipinski definition) is 3. The third-order valence-electron chi connectivity index (χ3n) is 7.64. The summed E-state index contributed by atoms with van der Waals surface area (Å²) in [6.45, 7) is 2.09. The Morgan fingerprint density at radius 3 is 1.98 bits per heavy atom. The van der Waals surface area contributed by atoms with Crippen LogP contribution in [-0.4, -0.2) is 34.2 Å². The van der Waals surface area contributed by atoms with Crippen molar-refractivity contribution in [1.82, 2.24) is 10.3 Å². The number of nitrogens with one attached hydrogen (secondary N) is 2. The zero-order valence-electron chi connectivity index (χ0n) is 22.1. The van der Waals surface area contributed by atoms with Crippen molar-refractivity contribution in [3.63, 3.8) is 0 Å². The van der Waals surface area contributed by atoms with Crippen LogP contribution >= 0.6 is 0 Å². The van der Waals surface area contributed by atoms with E-state index in [9.17, 15) is 0 Å². The Kier molecular flexibility index (Phi) is 5.08. The quantitative estimate of drug-likeness (QED) is 0.249. The maximum Gasteiger partial charge on any atom is 0.164 e. The molecule has 3 aliphatic heterocycles. The molecule has 4 aromatic carbocycles. The predicted molar refractivity (Wildman–Crippen MR) is 166 cm³/mol. The second kappa shape index (κ2) is 8.96. The fourth-order valence-electron chi connectivity index (χ4n) is 5.65. The van der Waals surface area contributed by atoms with Crippen LogP contribution in [0, 0.1) is 0 Å². The topological polar surface area (TPSA) is 116 Å². The molecule has 8 rings (SSSR count). The number of benzene rings is 4. The van der Waals surface area contributed by atoms with Gasteiger partial charge in [-0.15, -0.1) is 0 Å². The highest BCUT2D eigenvalue weighted by Crippen LogP contribution is 2.33. The molecule has 0 amide bonds. The second-order valence-corrected chi connectivity index (χ2v) is 10.2. The fourth-order valence-corrected chi connectivity index (χ4v) is 5.65. The monoisotopic (exact) mass is 532 g/mol. The van der Waals surface area contributed by atoms with E-state index in [0.29, 0.717) is 29.1 Å². The van der Waals surface area contributed by atoms with Gasteiger partial charge in [0.25, 0.3) is 0 Å². The molecule has 41 heavy (non-hydrogen) atoms. The van der Waals surface area contributed by atoms with Crippen molar-refractivity contribution in [2.45, 2.75) is 13.0 Å². The molecule has 8 nitrogen and oxygen atoms in total. The SMILES string of the molecule is CC1N=C(N=C2NC(=NC3=N/C(=N\c4[nH]c(N)c5ccccc45)c4ccccc43)c3ccccc32)c2ccccc21. The van der Waals surface area contributed by atoms with Crippen molar-refractivity contribution >= 4 is 51.6 Å².